The van der Waals surface area contributed by atoms with E-state index in [4.69, 9.17) is 5.11 Å². The molecule has 20 heavy (non-hydrogen) atoms. The maximum Gasteiger partial charge on any atom is 0.235 e. The molecule has 0 amide bonds. The number of aliphatic hydroxyl groups is 1. The van der Waals surface area contributed by atoms with Crippen LogP contribution in [0.25, 0.3) is 0 Å². The van der Waals surface area contributed by atoms with E-state index < -0.39 is 10.0 Å². The molecule has 1 saturated heterocycles. The molecule has 1 heterocycles. The average molecular weight is 293 g/mol. The quantitative estimate of drug-likeness (QED) is 0.844. The molecule has 1 aromatic carbocycles. The number of aryl methyl sites for hydroxylation is 1. The van der Waals surface area contributed by atoms with Gasteiger partial charge in [0.25, 0.3) is 0 Å². The minimum Gasteiger partial charge on any atom is -0.395 e. The van der Waals surface area contributed by atoms with Gasteiger partial charge in [0.05, 0.1) is 18.0 Å². The van der Waals surface area contributed by atoms with Crippen molar-refractivity contribution in [3.8, 4) is 11.8 Å². The number of sulfonamides is 1. The summed E-state index contributed by atoms with van der Waals surface area (Å²) in [6.07, 6.45) is 2.08. The lowest BCUT2D eigenvalue weighted by Crippen LogP contribution is -2.37. The first-order valence-corrected chi connectivity index (χ1v) is 8.36. The molecular weight excluding hydrogens is 274 g/mol. The van der Waals surface area contributed by atoms with Crippen LogP contribution in [0.1, 0.15) is 30.4 Å². The van der Waals surface area contributed by atoms with Crippen LogP contribution in [-0.2, 0) is 10.0 Å². The van der Waals surface area contributed by atoms with Crippen molar-refractivity contribution in [3.63, 3.8) is 0 Å². The first-order valence-electron chi connectivity index (χ1n) is 6.75. The Morgan fingerprint density at radius 1 is 1.35 bits per heavy atom. The summed E-state index contributed by atoms with van der Waals surface area (Å²) in [5.74, 6) is 6.09. The lowest BCUT2D eigenvalue weighted by Gasteiger charge is -2.28. The maximum absolute atomic E-state index is 12.1. The number of benzene rings is 1. The fourth-order valence-electron chi connectivity index (χ4n) is 2.24. The Morgan fingerprint density at radius 3 is 2.80 bits per heavy atom. The third kappa shape index (κ3) is 3.33. The van der Waals surface area contributed by atoms with Crippen LogP contribution in [0.15, 0.2) is 18.2 Å². The van der Waals surface area contributed by atoms with Gasteiger partial charge < -0.3 is 5.11 Å². The molecule has 0 unspecified atom stereocenters. The van der Waals surface area contributed by atoms with E-state index in [9.17, 15) is 8.42 Å². The molecular formula is C15H19NO3S. The van der Waals surface area contributed by atoms with Gasteiger partial charge in [0.15, 0.2) is 0 Å². The third-order valence-corrected chi connectivity index (χ3v) is 5.18. The minimum atomic E-state index is -3.16. The van der Waals surface area contributed by atoms with E-state index in [1.807, 2.05) is 19.1 Å². The van der Waals surface area contributed by atoms with Gasteiger partial charge in [0.1, 0.15) is 0 Å². The summed E-state index contributed by atoms with van der Waals surface area (Å²) in [4.78, 5) is 0. The molecule has 1 N–H and O–H groups in total. The number of hydrogen-bond donors (Lipinski definition) is 1. The fourth-order valence-corrected chi connectivity index (χ4v) is 3.87. The summed E-state index contributed by atoms with van der Waals surface area (Å²) < 4.78 is 25.6. The summed E-state index contributed by atoms with van der Waals surface area (Å²) in [5.41, 5.74) is 2.54. The lowest BCUT2D eigenvalue weighted by molar-refractivity contribution is 0.305. The van der Waals surface area contributed by atoms with E-state index >= 15 is 0 Å². The van der Waals surface area contributed by atoms with Crippen LogP contribution in [0, 0.1) is 18.8 Å². The Morgan fingerprint density at radius 2 is 2.15 bits per heavy atom. The molecule has 5 heteroatoms. The highest BCUT2D eigenvalue weighted by Gasteiger charge is 2.26. The van der Waals surface area contributed by atoms with Gasteiger partial charge in [-0.15, -0.1) is 0 Å². The van der Waals surface area contributed by atoms with Crippen molar-refractivity contribution in [2.75, 3.05) is 23.2 Å². The second-order valence-electron chi connectivity index (χ2n) is 4.87. The second kappa shape index (κ2) is 6.29. The van der Waals surface area contributed by atoms with Gasteiger partial charge in [-0.3, -0.25) is 4.31 Å². The summed E-state index contributed by atoms with van der Waals surface area (Å²) >= 11 is 0. The fraction of sp³-hybridized carbons (Fsp3) is 0.467. The van der Waals surface area contributed by atoms with Gasteiger partial charge in [-0.1, -0.05) is 11.8 Å². The van der Waals surface area contributed by atoms with E-state index in [0.717, 1.165) is 29.7 Å². The molecule has 108 valence electrons. The Bertz CT molecular complexity index is 641. The van der Waals surface area contributed by atoms with Crippen molar-refractivity contribution in [2.24, 2.45) is 0 Å². The largest absolute Gasteiger partial charge is 0.395 e. The van der Waals surface area contributed by atoms with Crippen LogP contribution < -0.4 is 4.31 Å². The van der Waals surface area contributed by atoms with Crippen molar-refractivity contribution in [1.82, 2.24) is 0 Å². The van der Waals surface area contributed by atoms with Gasteiger partial charge in [-0.05, 0) is 43.5 Å². The molecule has 1 aliphatic heterocycles. The molecule has 1 aromatic rings. The lowest BCUT2D eigenvalue weighted by atomic mass is 10.1. The van der Waals surface area contributed by atoms with Crippen molar-refractivity contribution in [1.29, 1.82) is 0 Å². The average Bonchev–Trinajstić information content (AvgIpc) is 2.40. The number of anilines is 1. The first-order chi connectivity index (χ1) is 9.54. The topological polar surface area (TPSA) is 57.6 Å². The number of aliphatic hydroxyl groups excluding tert-OH is 1. The van der Waals surface area contributed by atoms with Gasteiger partial charge in [0, 0.05) is 18.5 Å². The molecule has 0 bridgehead atoms. The molecule has 0 aliphatic carbocycles. The Labute approximate surface area is 120 Å². The van der Waals surface area contributed by atoms with E-state index in [2.05, 4.69) is 11.8 Å². The molecule has 1 aliphatic rings. The third-order valence-electron chi connectivity index (χ3n) is 3.31. The molecule has 0 spiro atoms. The van der Waals surface area contributed by atoms with Crippen LogP contribution in [0.3, 0.4) is 0 Å². The second-order valence-corrected chi connectivity index (χ2v) is 6.88. The predicted octanol–water partition coefficient (Wildman–Crippen LogP) is 1.66. The Kier molecular flexibility index (Phi) is 4.69. The molecule has 2 rings (SSSR count). The summed E-state index contributed by atoms with van der Waals surface area (Å²) in [6, 6.07) is 5.52. The Hall–Kier alpha value is -1.51. The molecule has 0 aromatic heterocycles. The van der Waals surface area contributed by atoms with Crippen LogP contribution >= 0.6 is 0 Å². The van der Waals surface area contributed by atoms with Crippen molar-refractivity contribution in [2.45, 2.75) is 26.2 Å². The van der Waals surface area contributed by atoms with Gasteiger partial charge in [-0.25, -0.2) is 8.42 Å². The molecule has 0 saturated carbocycles. The standard InChI is InChI=1S/C15H19NO3S/c1-13-12-15(8-7-14(13)6-2-4-10-17)16-9-3-5-11-20(16,18)19/h7-8,12,17H,3-5,9-11H2,1H3. The highest BCUT2D eigenvalue weighted by Crippen LogP contribution is 2.25. The summed E-state index contributed by atoms with van der Waals surface area (Å²) in [7, 11) is -3.16. The highest BCUT2D eigenvalue weighted by molar-refractivity contribution is 7.92. The van der Waals surface area contributed by atoms with Crippen LogP contribution in [0.2, 0.25) is 0 Å². The monoisotopic (exact) mass is 293 g/mol. The number of hydrogen-bond acceptors (Lipinski definition) is 3. The van der Waals surface area contributed by atoms with Crippen LogP contribution in [0.4, 0.5) is 5.69 Å². The Balaban J connectivity index is 2.27. The van der Waals surface area contributed by atoms with E-state index in [1.54, 1.807) is 6.07 Å². The molecule has 4 nitrogen and oxygen atoms in total. The van der Waals surface area contributed by atoms with Crippen molar-refractivity contribution < 1.29 is 13.5 Å². The maximum atomic E-state index is 12.1. The molecule has 0 radical (unpaired) electrons. The smallest absolute Gasteiger partial charge is 0.235 e. The van der Waals surface area contributed by atoms with Gasteiger partial charge in [0.2, 0.25) is 10.0 Å². The zero-order valence-electron chi connectivity index (χ0n) is 11.6. The van der Waals surface area contributed by atoms with Crippen LogP contribution in [0.5, 0.6) is 0 Å². The zero-order chi connectivity index (χ0) is 14.6. The summed E-state index contributed by atoms with van der Waals surface area (Å²) in [6.45, 7) is 2.52. The number of nitrogens with zero attached hydrogens (tertiary/aromatic N) is 1. The SMILES string of the molecule is Cc1cc(N2CCCCS2(=O)=O)ccc1C#CCCO. The first kappa shape index (κ1) is 14.9. The van der Waals surface area contributed by atoms with Crippen molar-refractivity contribution >= 4 is 15.7 Å². The zero-order valence-corrected chi connectivity index (χ0v) is 12.4. The van der Waals surface area contributed by atoms with Crippen molar-refractivity contribution in [3.05, 3.63) is 29.3 Å². The molecule has 0 atom stereocenters. The number of rotatable bonds is 2. The van der Waals surface area contributed by atoms with E-state index in [1.165, 1.54) is 4.31 Å². The normalized spacial score (nSPS) is 17.4. The minimum absolute atomic E-state index is 0.0517. The van der Waals surface area contributed by atoms with E-state index in [0.29, 0.717) is 13.0 Å². The highest BCUT2D eigenvalue weighted by atomic mass is 32.2. The molecule has 1 fully saturated rings. The van der Waals surface area contributed by atoms with Crippen LogP contribution in [-0.4, -0.2) is 32.4 Å². The summed E-state index contributed by atoms with van der Waals surface area (Å²) in [5, 5.41) is 8.71. The van der Waals surface area contributed by atoms with Gasteiger partial charge >= 0.3 is 0 Å². The predicted molar refractivity (Wildman–Crippen MR) is 80.1 cm³/mol. The van der Waals surface area contributed by atoms with Gasteiger partial charge in [-0.2, -0.15) is 0 Å². The van der Waals surface area contributed by atoms with E-state index in [-0.39, 0.29) is 12.4 Å².